The molecule has 1 amide bonds. The molecule has 0 aromatic heterocycles. The zero-order chi connectivity index (χ0) is 17.4. The normalized spacial score (nSPS) is 10.2. The molecule has 0 bridgehead atoms. The Balaban J connectivity index is 1.76. The molecule has 0 aliphatic rings. The second kappa shape index (κ2) is 8.82. The molecule has 0 spiro atoms. The monoisotopic (exact) mass is 329 g/mol. The standard InChI is InChI=1S/C19H23NO4/c1-23-17-10-7-15(12-18(17)24-2)13-19(22)20-11-3-4-14-5-8-16(21)9-6-14/h5-10,12,21H,3-4,11,13H2,1-2H3,(H,20,22). The maximum Gasteiger partial charge on any atom is 0.224 e. The van der Waals surface area contributed by atoms with Crippen LogP contribution in [0.5, 0.6) is 17.2 Å². The van der Waals surface area contributed by atoms with Crippen LogP contribution in [-0.4, -0.2) is 31.8 Å². The lowest BCUT2D eigenvalue weighted by molar-refractivity contribution is -0.120. The third-order valence-corrected chi connectivity index (χ3v) is 3.71. The highest BCUT2D eigenvalue weighted by Crippen LogP contribution is 2.27. The first-order valence-electron chi connectivity index (χ1n) is 7.88. The molecule has 0 saturated heterocycles. The number of aromatic hydroxyl groups is 1. The number of methoxy groups -OCH3 is 2. The molecule has 5 heteroatoms. The van der Waals surface area contributed by atoms with E-state index in [4.69, 9.17) is 9.47 Å². The summed E-state index contributed by atoms with van der Waals surface area (Å²) in [6.07, 6.45) is 2.01. The van der Waals surface area contributed by atoms with Gasteiger partial charge in [-0.2, -0.15) is 0 Å². The third kappa shape index (κ3) is 5.19. The van der Waals surface area contributed by atoms with Crippen LogP contribution in [0.15, 0.2) is 42.5 Å². The van der Waals surface area contributed by atoms with E-state index in [9.17, 15) is 9.90 Å². The number of phenolic OH excluding ortho intramolecular Hbond substituents is 1. The molecular formula is C19H23NO4. The Morgan fingerprint density at radius 2 is 1.67 bits per heavy atom. The summed E-state index contributed by atoms with van der Waals surface area (Å²) < 4.78 is 10.4. The number of rotatable bonds is 8. The van der Waals surface area contributed by atoms with Gasteiger partial charge in [0, 0.05) is 6.54 Å². The van der Waals surface area contributed by atoms with Crippen LogP contribution in [0.25, 0.3) is 0 Å². The summed E-state index contributed by atoms with van der Waals surface area (Å²) in [5, 5.41) is 12.2. The molecule has 0 aliphatic heterocycles. The molecule has 2 rings (SSSR count). The smallest absolute Gasteiger partial charge is 0.224 e. The number of amides is 1. The van der Waals surface area contributed by atoms with Gasteiger partial charge in [0.05, 0.1) is 20.6 Å². The lowest BCUT2D eigenvalue weighted by Crippen LogP contribution is -2.26. The maximum absolute atomic E-state index is 12.0. The van der Waals surface area contributed by atoms with E-state index in [0.717, 1.165) is 24.0 Å². The Labute approximate surface area is 142 Å². The number of ether oxygens (including phenoxy) is 2. The van der Waals surface area contributed by atoms with Crippen molar-refractivity contribution in [1.82, 2.24) is 5.32 Å². The highest BCUT2D eigenvalue weighted by atomic mass is 16.5. The van der Waals surface area contributed by atoms with Gasteiger partial charge in [-0.05, 0) is 48.2 Å². The largest absolute Gasteiger partial charge is 0.508 e. The summed E-state index contributed by atoms with van der Waals surface area (Å²) in [7, 11) is 3.16. The van der Waals surface area contributed by atoms with Gasteiger partial charge in [0.1, 0.15) is 5.75 Å². The van der Waals surface area contributed by atoms with Gasteiger partial charge in [-0.15, -0.1) is 0 Å². The number of aryl methyl sites for hydroxylation is 1. The number of hydrogen-bond acceptors (Lipinski definition) is 4. The first-order valence-corrected chi connectivity index (χ1v) is 7.88. The molecular weight excluding hydrogens is 306 g/mol. The van der Waals surface area contributed by atoms with E-state index >= 15 is 0 Å². The molecule has 0 fully saturated rings. The van der Waals surface area contributed by atoms with Crippen LogP contribution >= 0.6 is 0 Å². The van der Waals surface area contributed by atoms with Crippen molar-refractivity contribution in [1.29, 1.82) is 0 Å². The minimum atomic E-state index is -0.0204. The minimum absolute atomic E-state index is 0.0204. The average molecular weight is 329 g/mol. The quantitative estimate of drug-likeness (QED) is 0.731. The average Bonchev–Trinajstić information content (AvgIpc) is 2.60. The highest BCUT2D eigenvalue weighted by molar-refractivity contribution is 5.78. The van der Waals surface area contributed by atoms with Crippen LogP contribution in [0.4, 0.5) is 0 Å². The van der Waals surface area contributed by atoms with Crippen molar-refractivity contribution in [2.45, 2.75) is 19.3 Å². The van der Waals surface area contributed by atoms with Crippen LogP contribution < -0.4 is 14.8 Å². The molecule has 128 valence electrons. The Morgan fingerprint density at radius 3 is 2.33 bits per heavy atom. The molecule has 0 unspecified atom stereocenters. The number of benzene rings is 2. The molecule has 2 aromatic rings. The lowest BCUT2D eigenvalue weighted by atomic mass is 10.1. The topological polar surface area (TPSA) is 67.8 Å². The fourth-order valence-electron chi connectivity index (χ4n) is 2.42. The van der Waals surface area contributed by atoms with Gasteiger partial charge in [-0.25, -0.2) is 0 Å². The van der Waals surface area contributed by atoms with Crippen molar-refractivity contribution >= 4 is 5.91 Å². The fourth-order valence-corrected chi connectivity index (χ4v) is 2.42. The fraction of sp³-hybridized carbons (Fsp3) is 0.316. The lowest BCUT2D eigenvalue weighted by Gasteiger charge is -2.10. The van der Waals surface area contributed by atoms with Crippen LogP contribution in [0.1, 0.15) is 17.5 Å². The van der Waals surface area contributed by atoms with Crippen LogP contribution in [0.2, 0.25) is 0 Å². The molecule has 24 heavy (non-hydrogen) atoms. The molecule has 0 atom stereocenters. The number of nitrogens with one attached hydrogen (secondary N) is 1. The zero-order valence-corrected chi connectivity index (χ0v) is 14.0. The second-order valence-electron chi connectivity index (χ2n) is 5.49. The van der Waals surface area contributed by atoms with E-state index in [1.165, 1.54) is 0 Å². The summed E-state index contributed by atoms with van der Waals surface area (Å²) in [5.41, 5.74) is 2.02. The first-order chi connectivity index (χ1) is 11.6. The Morgan fingerprint density at radius 1 is 1.00 bits per heavy atom. The maximum atomic E-state index is 12.0. The van der Waals surface area contributed by atoms with E-state index in [1.807, 2.05) is 24.3 Å². The predicted molar refractivity (Wildman–Crippen MR) is 92.7 cm³/mol. The van der Waals surface area contributed by atoms with Crippen LogP contribution in [-0.2, 0) is 17.6 Å². The van der Waals surface area contributed by atoms with Crippen LogP contribution in [0, 0.1) is 0 Å². The Kier molecular flexibility index (Phi) is 6.49. The number of phenols is 1. The first kappa shape index (κ1) is 17.7. The summed E-state index contributed by atoms with van der Waals surface area (Å²) in [6.45, 7) is 0.618. The minimum Gasteiger partial charge on any atom is -0.508 e. The molecule has 0 heterocycles. The molecule has 0 radical (unpaired) electrons. The van der Waals surface area contributed by atoms with Crippen molar-refractivity contribution < 1.29 is 19.4 Å². The van der Waals surface area contributed by atoms with Gasteiger partial charge in [0.2, 0.25) is 5.91 Å². The van der Waals surface area contributed by atoms with Crippen molar-refractivity contribution in [3.8, 4) is 17.2 Å². The van der Waals surface area contributed by atoms with Crippen molar-refractivity contribution in [3.05, 3.63) is 53.6 Å². The van der Waals surface area contributed by atoms with Crippen LogP contribution in [0.3, 0.4) is 0 Å². The van der Waals surface area contributed by atoms with Gasteiger partial charge in [-0.1, -0.05) is 18.2 Å². The van der Waals surface area contributed by atoms with Gasteiger partial charge < -0.3 is 19.9 Å². The van der Waals surface area contributed by atoms with E-state index in [0.29, 0.717) is 24.5 Å². The number of carbonyl (C=O) groups is 1. The van der Waals surface area contributed by atoms with Crippen molar-refractivity contribution in [3.63, 3.8) is 0 Å². The van der Waals surface area contributed by atoms with Gasteiger partial charge >= 0.3 is 0 Å². The molecule has 0 saturated carbocycles. The summed E-state index contributed by atoms with van der Waals surface area (Å²) in [4.78, 5) is 12.0. The Bertz CT molecular complexity index is 668. The third-order valence-electron chi connectivity index (χ3n) is 3.71. The Hall–Kier alpha value is -2.69. The predicted octanol–water partition coefficient (Wildman–Crippen LogP) is 2.70. The molecule has 5 nitrogen and oxygen atoms in total. The van der Waals surface area contributed by atoms with Gasteiger partial charge in [0.25, 0.3) is 0 Å². The SMILES string of the molecule is COc1ccc(CC(=O)NCCCc2ccc(O)cc2)cc1OC. The van der Waals surface area contributed by atoms with Crippen molar-refractivity contribution in [2.75, 3.05) is 20.8 Å². The van der Waals surface area contributed by atoms with Crippen molar-refractivity contribution in [2.24, 2.45) is 0 Å². The highest BCUT2D eigenvalue weighted by Gasteiger charge is 2.08. The molecule has 0 aliphatic carbocycles. The number of carbonyl (C=O) groups excluding carboxylic acids is 1. The van der Waals surface area contributed by atoms with E-state index < -0.39 is 0 Å². The van der Waals surface area contributed by atoms with E-state index in [2.05, 4.69) is 5.32 Å². The van der Waals surface area contributed by atoms with Gasteiger partial charge in [-0.3, -0.25) is 4.79 Å². The van der Waals surface area contributed by atoms with E-state index in [-0.39, 0.29) is 11.7 Å². The summed E-state index contributed by atoms with van der Waals surface area (Å²) in [6, 6.07) is 12.6. The second-order valence-corrected chi connectivity index (χ2v) is 5.49. The van der Waals surface area contributed by atoms with E-state index in [1.54, 1.807) is 32.4 Å². The summed E-state index contributed by atoms with van der Waals surface area (Å²) in [5.74, 6) is 1.51. The molecule has 2 aromatic carbocycles. The molecule has 2 N–H and O–H groups in total. The number of hydrogen-bond donors (Lipinski definition) is 2. The van der Waals surface area contributed by atoms with Gasteiger partial charge in [0.15, 0.2) is 11.5 Å². The zero-order valence-electron chi connectivity index (χ0n) is 14.0. The summed E-state index contributed by atoms with van der Waals surface area (Å²) >= 11 is 0.